The lowest BCUT2D eigenvalue weighted by Crippen LogP contribution is -2.30. The Kier molecular flexibility index (Phi) is 2.52. The van der Waals surface area contributed by atoms with Crippen molar-refractivity contribution < 1.29 is 4.79 Å². The molecule has 3 N–H and O–H groups in total. The fourth-order valence-corrected chi connectivity index (χ4v) is 1.63. The quantitative estimate of drug-likeness (QED) is 0.451. The van der Waals surface area contributed by atoms with Crippen LogP contribution in [0.5, 0.6) is 0 Å². The van der Waals surface area contributed by atoms with E-state index in [1.54, 1.807) is 18.3 Å². The fourth-order valence-electron chi connectivity index (χ4n) is 1.20. The smallest absolute Gasteiger partial charge is 0.287 e. The van der Waals surface area contributed by atoms with Crippen LogP contribution in [-0.4, -0.2) is 15.3 Å². The number of hydrogen-bond donors (Lipinski definition) is 2. The molecule has 0 bridgehead atoms. The fraction of sp³-hybridized carbons (Fsp3) is 0. The van der Waals surface area contributed by atoms with Gasteiger partial charge in [0.1, 0.15) is 10.8 Å². The summed E-state index contributed by atoms with van der Waals surface area (Å²) in [6.45, 7) is 0. The third-order valence-electron chi connectivity index (χ3n) is 1.87. The van der Waals surface area contributed by atoms with E-state index >= 15 is 0 Å². The number of amides is 1. The molecule has 0 aliphatic rings. The summed E-state index contributed by atoms with van der Waals surface area (Å²) in [4.78, 5) is 15.3. The van der Waals surface area contributed by atoms with Gasteiger partial charge < -0.3 is 0 Å². The summed E-state index contributed by atoms with van der Waals surface area (Å²) in [6, 6.07) is 3.31. The van der Waals surface area contributed by atoms with Crippen molar-refractivity contribution in [3.63, 3.8) is 0 Å². The largest absolute Gasteiger partial charge is 0.289 e. The van der Waals surface area contributed by atoms with E-state index in [9.17, 15) is 4.79 Å². The highest BCUT2D eigenvalue weighted by Crippen LogP contribution is 2.20. The van der Waals surface area contributed by atoms with E-state index in [4.69, 9.17) is 29.0 Å². The molecule has 2 heterocycles. The van der Waals surface area contributed by atoms with Gasteiger partial charge in [-0.15, -0.1) is 0 Å². The van der Waals surface area contributed by atoms with Gasteiger partial charge >= 0.3 is 0 Å². The number of fused-ring (bicyclic) bond motifs is 1. The lowest BCUT2D eigenvalue weighted by Gasteiger charge is -1.95. The van der Waals surface area contributed by atoms with E-state index < -0.39 is 5.91 Å². The van der Waals surface area contributed by atoms with E-state index in [2.05, 4.69) is 4.98 Å². The SMILES string of the molecule is NNC(=O)c1nc2ccc(Cl)cn2c1Cl. The molecule has 2 aromatic rings. The number of imidazole rings is 1. The van der Waals surface area contributed by atoms with Crippen molar-refractivity contribution in [2.75, 3.05) is 0 Å². The third-order valence-corrected chi connectivity index (χ3v) is 2.45. The molecule has 0 aliphatic carbocycles. The van der Waals surface area contributed by atoms with Gasteiger partial charge in [-0.2, -0.15) is 0 Å². The number of nitrogens with zero attached hydrogens (tertiary/aromatic N) is 2. The maximum atomic E-state index is 11.3. The van der Waals surface area contributed by atoms with Crippen LogP contribution in [0.25, 0.3) is 5.65 Å². The highest BCUT2D eigenvalue weighted by molar-refractivity contribution is 6.33. The van der Waals surface area contributed by atoms with Gasteiger partial charge in [-0.1, -0.05) is 23.2 Å². The van der Waals surface area contributed by atoms with E-state index in [0.29, 0.717) is 10.7 Å². The van der Waals surface area contributed by atoms with Gasteiger partial charge in [-0.25, -0.2) is 10.8 Å². The van der Waals surface area contributed by atoms with Gasteiger partial charge in [0.15, 0.2) is 5.69 Å². The van der Waals surface area contributed by atoms with Crippen molar-refractivity contribution in [2.24, 2.45) is 5.84 Å². The second-order valence-electron chi connectivity index (χ2n) is 2.80. The van der Waals surface area contributed by atoms with Crippen LogP contribution in [-0.2, 0) is 0 Å². The number of rotatable bonds is 1. The lowest BCUT2D eigenvalue weighted by molar-refractivity contribution is 0.0949. The Hall–Kier alpha value is -1.30. The molecule has 0 fully saturated rings. The summed E-state index contributed by atoms with van der Waals surface area (Å²) in [5.41, 5.74) is 2.57. The molecule has 15 heavy (non-hydrogen) atoms. The predicted octanol–water partition coefficient (Wildman–Crippen LogP) is 1.24. The highest BCUT2D eigenvalue weighted by Gasteiger charge is 2.16. The Bertz CT molecular complexity index is 537. The zero-order chi connectivity index (χ0) is 11.0. The number of halogens is 2. The molecule has 5 nitrogen and oxygen atoms in total. The van der Waals surface area contributed by atoms with Crippen LogP contribution >= 0.6 is 23.2 Å². The summed E-state index contributed by atoms with van der Waals surface area (Å²) < 4.78 is 1.51. The van der Waals surface area contributed by atoms with Gasteiger partial charge in [-0.05, 0) is 12.1 Å². The Morgan fingerprint density at radius 3 is 2.87 bits per heavy atom. The predicted molar refractivity (Wildman–Crippen MR) is 56.9 cm³/mol. The van der Waals surface area contributed by atoms with Crippen LogP contribution in [0.15, 0.2) is 18.3 Å². The highest BCUT2D eigenvalue weighted by atomic mass is 35.5. The summed E-state index contributed by atoms with van der Waals surface area (Å²) in [6.07, 6.45) is 1.57. The number of pyridine rings is 1. The van der Waals surface area contributed by atoms with Crippen molar-refractivity contribution in [3.05, 3.63) is 34.2 Å². The van der Waals surface area contributed by atoms with Gasteiger partial charge in [0, 0.05) is 6.20 Å². The van der Waals surface area contributed by atoms with E-state index in [1.165, 1.54) is 4.40 Å². The molecule has 7 heteroatoms. The zero-order valence-corrected chi connectivity index (χ0v) is 8.88. The molecular formula is C8H6Cl2N4O. The van der Waals surface area contributed by atoms with Crippen molar-refractivity contribution in [1.29, 1.82) is 0 Å². The summed E-state index contributed by atoms with van der Waals surface area (Å²) in [5, 5.41) is 0.678. The maximum absolute atomic E-state index is 11.3. The van der Waals surface area contributed by atoms with E-state index in [0.717, 1.165) is 0 Å². The van der Waals surface area contributed by atoms with Crippen molar-refractivity contribution in [3.8, 4) is 0 Å². The maximum Gasteiger partial charge on any atom is 0.287 e. The molecule has 1 amide bonds. The Morgan fingerprint density at radius 2 is 2.20 bits per heavy atom. The second kappa shape index (κ2) is 3.69. The number of hydrazine groups is 1. The van der Waals surface area contributed by atoms with Gasteiger partial charge in [0.25, 0.3) is 5.91 Å². The Morgan fingerprint density at radius 1 is 1.47 bits per heavy atom. The van der Waals surface area contributed by atoms with E-state index in [-0.39, 0.29) is 10.8 Å². The number of carbonyl (C=O) groups excluding carboxylic acids is 1. The average molecular weight is 245 g/mol. The first-order chi connectivity index (χ1) is 7.13. The van der Waals surface area contributed by atoms with Crippen molar-refractivity contribution in [2.45, 2.75) is 0 Å². The van der Waals surface area contributed by atoms with Crippen molar-refractivity contribution >= 4 is 34.8 Å². The first-order valence-corrected chi connectivity index (χ1v) is 4.73. The summed E-state index contributed by atoms with van der Waals surface area (Å²) in [7, 11) is 0. The van der Waals surface area contributed by atoms with Crippen molar-refractivity contribution in [1.82, 2.24) is 14.8 Å². The average Bonchev–Trinajstić information content (AvgIpc) is 2.55. The number of carbonyl (C=O) groups is 1. The molecule has 0 unspecified atom stereocenters. The minimum Gasteiger partial charge on any atom is -0.289 e. The summed E-state index contributed by atoms with van der Waals surface area (Å²) in [5.74, 6) is 4.45. The Labute approximate surface area is 94.8 Å². The van der Waals surface area contributed by atoms with Gasteiger partial charge in [0.2, 0.25) is 0 Å². The molecular weight excluding hydrogens is 239 g/mol. The second-order valence-corrected chi connectivity index (χ2v) is 3.59. The molecule has 0 saturated carbocycles. The number of nitrogen functional groups attached to an aromatic ring is 1. The lowest BCUT2D eigenvalue weighted by atomic mass is 10.4. The number of hydrogen-bond acceptors (Lipinski definition) is 3. The minimum atomic E-state index is -0.542. The van der Waals surface area contributed by atoms with Crippen LogP contribution in [0.1, 0.15) is 10.5 Å². The minimum absolute atomic E-state index is 0.0708. The molecule has 0 aliphatic heterocycles. The molecule has 0 aromatic carbocycles. The zero-order valence-electron chi connectivity index (χ0n) is 7.37. The number of aromatic nitrogens is 2. The molecule has 0 radical (unpaired) electrons. The first-order valence-electron chi connectivity index (χ1n) is 3.97. The monoisotopic (exact) mass is 244 g/mol. The standard InChI is InChI=1S/C8H6Cl2N4O/c9-4-1-2-5-12-6(8(15)13-11)7(10)14(5)3-4/h1-3H,11H2,(H,13,15). The molecule has 2 aromatic heterocycles. The third kappa shape index (κ3) is 1.65. The van der Waals surface area contributed by atoms with E-state index in [1.807, 2.05) is 5.43 Å². The first kappa shape index (κ1) is 10.2. The van der Waals surface area contributed by atoms with Crippen LogP contribution < -0.4 is 11.3 Å². The van der Waals surface area contributed by atoms with Gasteiger partial charge in [-0.3, -0.25) is 14.6 Å². The molecule has 0 saturated heterocycles. The molecule has 0 atom stereocenters. The van der Waals surface area contributed by atoms with Crippen LogP contribution in [0.3, 0.4) is 0 Å². The topological polar surface area (TPSA) is 72.4 Å². The molecule has 2 rings (SSSR count). The van der Waals surface area contributed by atoms with Crippen LogP contribution in [0.4, 0.5) is 0 Å². The van der Waals surface area contributed by atoms with Crippen LogP contribution in [0.2, 0.25) is 10.2 Å². The number of nitrogens with two attached hydrogens (primary N) is 1. The van der Waals surface area contributed by atoms with Crippen LogP contribution in [0, 0.1) is 0 Å². The van der Waals surface area contributed by atoms with Gasteiger partial charge in [0.05, 0.1) is 5.02 Å². The molecule has 0 spiro atoms. The molecule has 78 valence electrons. The number of nitrogens with one attached hydrogen (secondary N) is 1. The normalized spacial score (nSPS) is 10.6. The Balaban J connectivity index is 2.69. The summed E-state index contributed by atoms with van der Waals surface area (Å²) >= 11 is 11.7.